The van der Waals surface area contributed by atoms with Crippen LogP contribution < -0.4 is 5.32 Å². The topological polar surface area (TPSA) is 18.5 Å². The lowest BCUT2D eigenvalue weighted by atomic mass is 10.3. The number of halogens is 2. The number of para-hydroxylation sites is 1. The molecular weight excluding hydrogens is 253 g/mol. The molecule has 5 heteroatoms. The number of hydrogen-bond donors (Lipinski definition) is 1. The normalized spacial score (nSPS) is 17.9. The zero-order chi connectivity index (χ0) is 13.0. The van der Waals surface area contributed by atoms with Gasteiger partial charge in [-0.15, -0.1) is 0 Å². The van der Waals surface area contributed by atoms with Crippen LogP contribution in [0.2, 0.25) is 5.02 Å². The second-order valence-corrected chi connectivity index (χ2v) is 5.08. The highest BCUT2D eigenvalue weighted by molar-refractivity contribution is 6.33. The number of likely N-dealkylation sites (N-methyl/N-ethyl adjacent to an activating group) is 1. The fourth-order valence-electron chi connectivity index (χ4n) is 2.08. The van der Waals surface area contributed by atoms with Gasteiger partial charge in [0.15, 0.2) is 0 Å². The fourth-order valence-corrected chi connectivity index (χ4v) is 2.31. The first-order valence-corrected chi connectivity index (χ1v) is 6.63. The number of anilines is 1. The van der Waals surface area contributed by atoms with E-state index in [1.54, 1.807) is 12.1 Å². The van der Waals surface area contributed by atoms with E-state index in [4.69, 9.17) is 11.6 Å². The molecule has 1 aromatic rings. The molecule has 0 unspecified atom stereocenters. The molecule has 1 aliphatic heterocycles. The van der Waals surface area contributed by atoms with E-state index < -0.39 is 0 Å². The summed E-state index contributed by atoms with van der Waals surface area (Å²) in [5.74, 6) is -0.291. The first-order valence-electron chi connectivity index (χ1n) is 6.25. The Bertz CT molecular complexity index is 372. The lowest BCUT2D eigenvalue weighted by Crippen LogP contribution is -2.45. The van der Waals surface area contributed by atoms with Crippen LogP contribution >= 0.6 is 11.6 Å². The van der Waals surface area contributed by atoms with Gasteiger partial charge in [0.25, 0.3) is 0 Å². The maximum absolute atomic E-state index is 13.5. The molecule has 0 bridgehead atoms. The van der Waals surface area contributed by atoms with Crippen molar-refractivity contribution in [3.05, 3.63) is 29.0 Å². The van der Waals surface area contributed by atoms with Gasteiger partial charge in [0, 0.05) is 39.3 Å². The molecule has 1 saturated heterocycles. The molecule has 18 heavy (non-hydrogen) atoms. The molecule has 1 N–H and O–H groups in total. The Labute approximate surface area is 113 Å². The van der Waals surface area contributed by atoms with Crippen molar-refractivity contribution >= 4 is 17.3 Å². The maximum atomic E-state index is 13.5. The van der Waals surface area contributed by atoms with E-state index >= 15 is 0 Å². The van der Waals surface area contributed by atoms with Crippen LogP contribution in [0.1, 0.15) is 0 Å². The molecule has 0 amide bonds. The van der Waals surface area contributed by atoms with Crippen molar-refractivity contribution in [1.29, 1.82) is 0 Å². The molecule has 1 aromatic carbocycles. The van der Waals surface area contributed by atoms with Gasteiger partial charge in [0.05, 0.1) is 10.7 Å². The lowest BCUT2D eigenvalue weighted by Gasteiger charge is -2.32. The SMILES string of the molecule is CN1CCN(CCNc2c(F)cccc2Cl)CC1. The van der Waals surface area contributed by atoms with Crippen LogP contribution in [0.3, 0.4) is 0 Å². The molecule has 0 aromatic heterocycles. The number of nitrogens with one attached hydrogen (secondary N) is 1. The van der Waals surface area contributed by atoms with Crippen molar-refractivity contribution in [3.63, 3.8) is 0 Å². The summed E-state index contributed by atoms with van der Waals surface area (Å²) in [6, 6.07) is 4.73. The van der Waals surface area contributed by atoms with Crippen LogP contribution in [-0.2, 0) is 0 Å². The van der Waals surface area contributed by atoms with E-state index in [9.17, 15) is 4.39 Å². The molecule has 3 nitrogen and oxygen atoms in total. The number of piperazine rings is 1. The van der Waals surface area contributed by atoms with E-state index in [-0.39, 0.29) is 5.82 Å². The van der Waals surface area contributed by atoms with Gasteiger partial charge in [-0.25, -0.2) is 4.39 Å². The predicted molar refractivity (Wildman–Crippen MR) is 73.8 cm³/mol. The predicted octanol–water partition coefficient (Wildman–Crippen LogP) is 2.14. The third-order valence-corrected chi connectivity index (χ3v) is 3.60. The summed E-state index contributed by atoms with van der Waals surface area (Å²) in [7, 11) is 2.13. The van der Waals surface area contributed by atoms with Gasteiger partial charge >= 0.3 is 0 Å². The standard InChI is InChI=1S/C13H19ClFN3/c1-17-7-9-18(10-8-17)6-5-16-13-11(14)3-2-4-12(13)15/h2-4,16H,5-10H2,1H3. The summed E-state index contributed by atoms with van der Waals surface area (Å²) in [6.45, 7) is 5.97. The van der Waals surface area contributed by atoms with Crippen LogP contribution in [-0.4, -0.2) is 56.1 Å². The molecule has 2 rings (SSSR count). The van der Waals surface area contributed by atoms with Crippen molar-refractivity contribution in [2.45, 2.75) is 0 Å². The van der Waals surface area contributed by atoms with Crippen molar-refractivity contribution in [3.8, 4) is 0 Å². The van der Waals surface area contributed by atoms with Crippen LogP contribution in [0.4, 0.5) is 10.1 Å². The van der Waals surface area contributed by atoms with Gasteiger partial charge in [-0.2, -0.15) is 0 Å². The van der Waals surface area contributed by atoms with Gasteiger partial charge in [0.2, 0.25) is 0 Å². The summed E-state index contributed by atoms with van der Waals surface area (Å²) in [5, 5.41) is 3.52. The second kappa shape index (κ2) is 6.36. The van der Waals surface area contributed by atoms with E-state index in [0.29, 0.717) is 17.3 Å². The summed E-state index contributed by atoms with van der Waals surface area (Å²) < 4.78 is 13.5. The van der Waals surface area contributed by atoms with Crippen LogP contribution in [0.15, 0.2) is 18.2 Å². The first-order chi connectivity index (χ1) is 8.66. The average Bonchev–Trinajstić information content (AvgIpc) is 2.35. The van der Waals surface area contributed by atoms with Gasteiger partial charge in [0.1, 0.15) is 5.82 Å². The summed E-state index contributed by atoms with van der Waals surface area (Å²) in [5.41, 5.74) is 0.410. The second-order valence-electron chi connectivity index (χ2n) is 4.67. The van der Waals surface area contributed by atoms with Gasteiger partial charge in [-0.05, 0) is 19.2 Å². The Balaban J connectivity index is 1.78. The van der Waals surface area contributed by atoms with Crippen molar-refractivity contribution in [1.82, 2.24) is 9.80 Å². The molecule has 0 saturated carbocycles. The Morgan fingerprint density at radius 1 is 1.28 bits per heavy atom. The molecular formula is C13H19ClFN3. The molecule has 0 spiro atoms. The quantitative estimate of drug-likeness (QED) is 0.905. The fraction of sp³-hybridized carbons (Fsp3) is 0.538. The van der Waals surface area contributed by atoms with E-state index in [0.717, 1.165) is 32.7 Å². The Morgan fingerprint density at radius 3 is 2.67 bits per heavy atom. The largest absolute Gasteiger partial charge is 0.380 e. The average molecular weight is 272 g/mol. The van der Waals surface area contributed by atoms with Crippen molar-refractivity contribution < 1.29 is 4.39 Å². The molecule has 0 aliphatic carbocycles. The number of nitrogens with zero attached hydrogens (tertiary/aromatic N) is 2. The smallest absolute Gasteiger partial charge is 0.147 e. The zero-order valence-electron chi connectivity index (χ0n) is 10.6. The number of rotatable bonds is 4. The Morgan fingerprint density at radius 2 is 2.00 bits per heavy atom. The van der Waals surface area contributed by atoms with Crippen molar-refractivity contribution in [2.24, 2.45) is 0 Å². The van der Waals surface area contributed by atoms with Gasteiger partial charge in [-0.3, -0.25) is 4.90 Å². The van der Waals surface area contributed by atoms with Gasteiger partial charge < -0.3 is 10.2 Å². The highest BCUT2D eigenvalue weighted by Crippen LogP contribution is 2.24. The summed E-state index contributed by atoms with van der Waals surface area (Å²) in [6.07, 6.45) is 0. The molecule has 1 fully saturated rings. The Hall–Kier alpha value is -0.840. The highest BCUT2D eigenvalue weighted by atomic mass is 35.5. The molecule has 1 heterocycles. The zero-order valence-corrected chi connectivity index (χ0v) is 11.4. The highest BCUT2D eigenvalue weighted by Gasteiger charge is 2.13. The van der Waals surface area contributed by atoms with Crippen LogP contribution in [0.25, 0.3) is 0 Å². The molecule has 0 atom stereocenters. The minimum absolute atomic E-state index is 0.291. The molecule has 0 radical (unpaired) electrons. The number of benzene rings is 1. The van der Waals surface area contributed by atoms with Crippen LogP contribution in [0.5, 0.6) is 0 Å². The third kappa shape index (κ3) is 3.57. The monoisotopic (exact) mass is 271 g/mol. The maximum Gasteiger partial charge on any atom is 0.147 e. The molecule has 100 valence electrons. The summed E-state index contributed by atoms with van der Waals surface area (Å²) >= 11 is 5.95. The summed E-state index contributed by atoms with van der Waals surface area (Å²) in [4.78, 5) is 4.69. The van der Waals surface area contributed by atoms with Crippen molar-refractivity contribution in [2.75, 3.05) is 51.6 Å². The lowest BCUT2D eigenvalue weighted by molar-refractivity contribution is 0.158. The van der Waals surface area contributed by atoms with Crippen LogP contribution in [0, 0.1) is 5.82 Å². The Kier molecular flexibility index (Phi) is 4.80. The van der Waals surface area contributed by atoms with Gasteiger partial charge in [-0.1, -0.05) is 17.7 Å². The van der Waals surface area contributed by atoms with E-state index in [2.05, 4.69) is 22.2 Å². The first kappa shape index (κ1) is 13.6. The molecule has 1 aliphatic rings. The van der Waals surface area contributed by atoms with E-state index in [1.807, 2.05) is 0 Å². The van der Waals surface area contributed by atoms with E-state index in [1.165, 1.54) is 6.07 Å². The number of hydrogen-bond acceptors (Lipinski definition) is 3. The minimum Gasteiger partial charge on any atom is -0.380 e. The third-order valence-electron chi connectivity index (χ3n) is 3.29. The minimum atomic E-state index is -0.291.